The van der Waals surface area contributed by atoms with Gasteiger partial charge in [-0.25, -0.2) is 8.78 Å². The van der Waals surface area contributed by atoms with E-state index in [2.05, 4.69) is 4.98 Å². The lowest BCUT2D eigenvalue weighted by molar-refractivity contribution is -0.133. The van der Waals surface area contributed by atoms with E-state index >= 15 is 0 Å². The van der Waals surface area contributed by atoms with Crippen molar-refractivity contribution < 1.29 is 18.7 Å². The Bertz CT molecular complexity index is 724. The van der Waals surface area contributed by atoms with Gasteiger partial charge in [0.05, 0.1) is 6.61 Å². The van der Waals surface area contributed by atoms with Gasteiger partial charge in [0.25, 0.3) is 0 Å². The lowest BCUT2D eigenvalue weighted by atomic mass is 10.1. The van der Waals surface area contributed by atoms with Crippen LogP contribution in [0.5, 0.6) is 0 Å². The van der Waals surface area contributed by atoms with Crippen LogP contribution < -0.4 is 0 Å². The number of pyridine rings is 1. The molecule has 126 valence electrons. The van der Waals surface area contributed by atoms with Crippen LogP contribution in [-0.2, 0) is 11.3 Å². The Balaban J connectivity index is 1.70. The van der Waals surface area contributed by atoms with Gasteiger partial charge in [-0.05, 0) is 35.6 Å². The monoisotopic (exact) mass is 332 g/mol. The smallest absolute Gasteiger partial charge is 0.226 e. The quantitative estimate of drug-likeness (QED) is 0.884. The van der Waals surface area contributed by atoms with Gasteiger partial charge in [-0.15, -0.1) is 0 Å². The van der Waals surface area contributed by atoms with E-state index < -0.39 is 11.6 Å². The van der Waals surface area contributed by atoms with Crippen molar-refractivity contribution in [3.8, 4) is 0 Å². The number of carbonyl (C=O) groups excluding carboxylic acids is 1. The molecule has 1 aromatic carbocycles. The molecule has 4 nitrogen and oxygen atoms in total. The third kappa shape index (κ3) is 3.59. The van der Waals surface area contributed by atoms with Crippen LogP contribution in [-0.4, -0.2) is 34.0 Å². The molecule has 1 heterocycles. The fourth-order valence-corrected chi connectivity index (χ4v) is 2.95. The molecule has 1 fully saturated rings. The van der Waals surface area contributed by atoms with Gasteiger partial charge < -0.3 is 10.0 Å². The second kappa shape index (κ2) is 7.05. The predicted molar refractivity (Wildman–Crippen MR) is 83.9 cm³/mol. The van der Waals surface area contributed by atoms with Crippen LogP contribution in [0.4, 0.5) is 8.78 Å². The Morgan fingerprint density at radius 3 is 2.83 bits per heavy atom. The van der Waals surface area contributed by atoms with E-state index in [0.717, 1.165) is 11.6 Å². The third-order valence-corrected chi connectivity index (χ3v) is 4.25. The molecule has 1 saturated carbocycles. The molecule has 3 rings (SSSR count). The van der Waals surface area contributed by atoms with E-state index in [4.69, 9.17) is 0 Å². The number of aliphatic hydroxyl groups is 1. The third-order valence-electron chi connectivity index (χ3n) is 4.25. The Labute approximate surface area is 138 Å². The first kappa shape index (κ1) is 16.5. The summed E-state index contributed by atoms with van der Waals surface area (Å²) in [5.41, 5.74) is 1.24. The van der Waals surface area contributed by atoms with Gasteiger partial charge in [0, 0.05) is 37.5 Å². The van der Waals surface area contributed by atoms with Crippen molar-refractivity contribution in [1.29, 1.82) is 0 Å². The summed E-state index contributed by atoms with van der Waals surface area (Å²) in [6.07, 6.45) is 3.86. The summed E-state index contributed by atoms with van der Waals surface area (Å²) in [7, 11) is 0. The number of halogens is 2. The Hall–Kier alpha value is -2.34. The van der Waals surface area contributed by atoms with Crippen molar-refractivity contribution >= 4 is 5.91 Å². The molecular weight excluding hydrogens is 314 g/mol. The van der Waals surface area contributed by atoms with Gasteiger partial charge in [-0.3, -0.25) is 9.78 Å². The molecule has 2 unspecified atom stereocenters. The molecule has 0 saturated heterocycles. The zero-order valence-corrected chi connectivity index (χ0v) is 13.0. The molecular formula is C18H18F2N2O2. The van der Waals surface area contributed by atoms with Gasteiger partial charge in [0.1, 0.15) is 11.6 Å². The first-order valence-electron chi connectivity index (χ1n) is 7.83. The topological polar surface area (TPSA) is 53.4 Å². The average molecular weight is 332 g/mol. The molecule has 1 aliphatic carbocycles. The summed E-state index contributed by atoms with van der Waals surface area (Å²) in [6, 6.07) is 7.09. The SMILES string of the molecule is O=C(C1CC1c1ccc(F)cc1F)N(CCO)Cc1cccnc1. The molecule has 0 radical (unpaired) electrons. The molecule has 1 N–H and O–H groups in total. The van der Waals surface area contributed by atoms with Crippen LogP contribution in [0, 0.1) is 17.6 Å². The van der Waals surface area contributed by atoms with E-state index in [1.165, 1.54) is 12.1 Å². The molecule has 2 aromatic rings. The van der Waals surface area contributed by atoms with E-state index in [0.29, 0.717) is 18.5 Å². The summed E-state index contributed by atoms with van der Waals surface area (Å²) in [4.78, 5) is 18.2. The summed E-state index contributed by atoms with van der Waals surface area (Å²) < 4.78 is 26.9. The maximum absolute atomic E-state index is 13.9. The summed E-state index contributed by atoms with van der Waals surface area (Å²) in [5.74, 6) is -1.92. The first-order chi connectivity index (χ1) is 11.6. The van der Waals surface area contributed by atoms with Crippen LogP contribution in [0.1, 0.15) is 23.5 Å². The Morgan fingerprint density at radius 1 is 1.33 bits per heavy atom. The van der Waals surface area contributed by atoms with E-state index in [-0.39, 0.29) is 30.9 Å². The second-order valence-electron chi connectivity index (χ2n) is 5.96. The minimum atomic E-state index is -0.627. The highest BCUT2D eigenvalue weighted by Crippen LogP contribution is 2.49. The van der Waals surface area contributed by atoms with Crippen LogP contribution >= 0.6 is 0 Å². The van der Waals surface area contributed by atoms with Crippen molar-refractivity contribution in [2.24, 2.45) is 5.92 Å². The van der Waals surface area contributed by atoms with Gasteiger partial charge in [-0.1, -0.05) is 12.1 Å². The maximum Gasteiger partial charge on any atom is 0.226 e. The highest BCUT2D eigenvalue weighted by atomic mass is 19.1. The first-order valence-corrected chi connectivity index (χ1v) is 7.83. The van der Waals surface area contributed by atoms with E-state index in [1.807, 2.05) is 6.07 Å². The number of hydrogen-bond donors (Lipinski definition) is 1. The molecule has 1 aliphatic rings. The number of aromatic nitrogens is 1. The minimum Gasteiger partial charge on any atom is -0.395 e. The Morgan fingerprint density at radius 2 is 2.17 bits per heavy atom. The van der Waals surface area contributed by atoms with Crippen molar-refractivity contribution in [1.82, 2.24) is 9.88 Å². The Kier molecular flexibility index (Phi) is 4.85. The molecule has 1 aromatic heterocycles. The van der Waals surface area contributed by atoms with Gasteiger partial charge in [-0.2, -0.15) is 0 Å². The number of amides is 1. The largest absolute Gasteiger partial charge is 0.395 e. The molecule has 0 bridgehead atoms. The lowest BCUT2D eigenvalue weighted by Crippen LogP contribution is -2.34. The fraction of sp³-hybridized carbons (Fsp3) is 0.333. The summed E-state index contributed by atoms with van der Waals surface area (Å²) >= 11 is 0. The van der Waals surface area contributed by atoms with Crippen LogP contribution in [0.25, 0.3) is 0 Å². The fourth-order valence-electron chi connectivity index (χ4n) is 2.95. The van der Waals surface area contributed by atoms with Crippen molar-refractivity contribution in [3.05, 3.63) is 65.5 Å². The summed E-state index contributed by atoms with van der Waals surface area (Å²) in [5, 5.41) is 9.21. The second-order valence-corrected chi connectivity index (χ2v) is 5.96. The van der Waals surface area contributed by atoms with Gasteiger partial charge >= 0.3 is 0 Å². The molecule has 2 atom stereocenters. The number of aliphatic hydroxyl groups excluding tert-OH is 1. The zero-order chi connectivity index (χ0) is 17.1. The highest BCUT2D eigenvalue weighted by molar-refractivity contribution is 5.83. The number of hydrogen-bond acceptors (Lipinski definition) is 3. The van der Waals surface area contributed by atoms with Crippen molar-refractivity contribution in [2.45, 2.75) is 18.9 Å². The number of rotatable bonds is 6. The number of nitrogens with zero attached hydrogens (tertiary/aromatic N) is 2. The van der Waals surface area contributed by atoms with Gasteiger partial charge in [0.15, 0.2) is 0 Å². The van der Waals surface area contributed by atoms with E-state index in [9.17, 15) is 18.7 Å². The van der Waals surface area contributed by atoms with Gasteiger partial charge in [0.2, 0.25) is 5.91 Å². The van der Waals surface area contributed by atoms with Crippen molar-refractivity contribution in [3.63, 3.8) is 0 Å². The molecule has 6 heteroatoms. The maximum atomic E-state index is 13.9. The van der Waals surface area contributed by atoms with Crippen LogP contribution in [0.3, 0.4) is 0 Å². The summed E-state index contributed by atoms with van der Waals surface area (Å²) in [6.45, 7) is 0.416. The number of benzene rings is 1. The average Bonchev–Trinajstić information content (AvgIpc) is 3.35. The minimum absolute atomic E-state index is 0.123. The standard InChI is InChI=1S/C18H18F2N2O2/c19-13-3-4-14(17(20)8-13)15-9-16(15)18(24)22(6-7-23)11-12-2-1-5-21-10-12/h1-5,8,10,15-16,23H,6-7,9,11H2. The normalized spacial score (nSPS) is 19.1. The molecule has 0 aliphatic heterocycles. The van der Waals surface area contributed by atoms with Crippen LogP contribution in [0.2, 0.25) is 0 Å². The molecule has 1 amide bonds. The molecule has 0 spiro atoms. The number of carbonyl (C=O) groups is 1. The van der Waals surface area contributed by atoms with Crippen molar-refractivity contribution in [2.75, 3.05) is 13.2 Å². The highest BCUT2D eigenvalue weighted by Gasteiger charge is 2.46. The van der Waals surface area contributed by atoms with E-state index in [1.54, 1.807) is 23.4 Å². The predicted octanol–water partition coefficient (Wildman–Crippen LogP) is 2.48. The zero-order valence-electron chi connectivity index (χ0n) is 13.0. The van der Waals surface area contributed by atoms with Crippen LogP contribution in [0.15, 0.2) is 42.7 Å². The lowest BCUT2D eigenvalue weighted by Gasteiger charge is -2.22. The molecule has 24 heavy (non-hydrogen) atoms.